The molecule has 3 N–H and O–H groups in total. The van der Waals surface area contributed by atoms with E-state index in [0.29, 0.717) is 84.3 Å². The Labute approximate surface area is 324 Å². The van der Waals surface area contributed by atoms with E-state index in [1.165, 1.54) is 41.9 Å². The molecule has 0 spiro atoms. The van der Waals surface area contributed by atoms with Gasteiger partial charge in [0.25, 0.3) is 11.8 Å². The number of ether oxygens (including phenoxy) is 4. The molecule has 2 aromatic carbocycles. The number of amides is 2. The van der Waals surface area contributed by atoms with Crippen molar-refractivity contribution in [3.05, 3.63) is 88.7 Å². The van der Waals surface area contributed by atoms with Crippen LogP contribution in [0.3, 0.4) is 0 Å². The van der Waals surface area contributed by atoms with Gasteiger partial charge in [0, 0.05) is 78.0 Å². The van der Waals surface area contributed by atoms with Crippen LogP contribution in [0.4, 0.5) is 5.69 Å². The molecule has 1 aliphatic rings. The van der Waals surface area contributed by atoms with Crippen LogP contribution < -0.4 is 16.0 Å². The number of sulfonamides is 1. The number of carbonyl (C=O) groups is 3. The average molecular weight is 783 g/mol. The Morgan fingerprint density at radius 3 is 2.36 bits per heavy atom. The van der Waals surface area contributed by atoms with Crippen LogP contribution in [-0.4, -0.2) is 133 Å². The molecule has 1 saturated heterocycles. The number of anilines is 1. The zero-order valence-corrected chi connectivity index (χ0v) is 33.0. The number of nitrogens with zero attached hydrogens (tertiary/aromatic N) is 3. The summed E-state index contributed by atoms with van der Waals surface area (Å²) in [5, 5.41) is 9.03. The lowest BCUT2D eigenvalue weighted by Crippen LogP contribution is -2.44. The van der Waals surface area contributed by atoms with Gasteiger partial charge >= 0.3 is 5.97 Å². The molecule has 2 heterocycles. The Kier molecular flexibility index (Phi) is 17.5. The summed E-state index contributed by atoms with van der Waals surface area (Å²) in [6.45, 7) is 9.38. The Bertz CT molecular complexity index is 1790. The van der Waals surface area contributed by atoms with Crippen LogP contribution in [0.15, 0.2) is 65.7 Å². The summed E-state index contributed by atoms with van der Waals surface area (Å²) in [4.78, 5) is 44.4. The Hall–Kier alpha value is -4.45. The lowest BCUT2D eigenvalue weighted by molar-refractivity contribution is 0.0162. The first-order valence-electron chi connectivity index (χ1n) is 18.6. The van der Waals surface area contributed by atoms with E-state index < -0.39 is 16.0 Å². The molecular weight excluding hydrogens is 729 g/mol. The summed E-state index contributed by atoms with van der Waals surface area (Å²) in [7, 11) is -1.08. The maximum absolute atomic E-state index is 13.9. The Morgan fingerprint density at radius 2 is 1.71 bits per heavy atom. The maximum Gasteiger partial charge on any atom is 0.339 e. The normalized spacial score (nSPS) is 14.0. The highest BCUT2D eigenvalue weighted by Gasteiger charge is 2.27. The minimum Gasteiger partial charge on any atom is -0.465 e. The molecule has 0 radical (unpaired) electrons. The lowest BCUT2D eigenvalue weighted by Gasteiger charge is -2.35. The molecule has 15 nitrogen and oxygen atoms in total. The predicted octanol–water partition coefficient (Wildman–Crippen LogP) is 3.14. The number of hydrogen-bond donors (Lipinski definition) is 3. The van der Waals surface area contributed by atoms with E-state index in [4.69, 9.17) is 18.9 Å². The van der Waals surface area contributed by atoms with Gasteiger partial charge < -0.3 is 34.9 Å². The first-order chi connectivity index (χ1) is 26.6. The van der Waals surface area contributed by atoms with Crippen molar-refractivity contribution in [1.29, 1.82) is 0 Å². The molecule has 1 atom stereocenters. The zero-order chi connectivity index (χ0) is 39.6. The highest BCUT2D eigenvalue weighted by Crippen LogP contribution is 2.25. The van der Waals surface area contributed by atoms with Crippen LogP contribution in [0, 0.1) is 0 Å². The smallest absolute Gasteiger partial charge is 0.339 e. The van der Waals surface area contributed by atoms with Gasteiger partial charge in [0.15, 0.2) is 0 Å². The molecule has 0 aliphatic carbocycles. The third-order valence-electron chi connectivity index (χ3n) is 9.18. The molecule has 4 rings (SSSR count). The van der Waals surface area contributed by atoms with Gasteiger partial charge in [0.1, 0.15) is 5.69 Å². The van der Waals surface area contributed by atoms with E-state index in [1.807, 2.05) is 31.2 Å². The topological polar surface area (TPSA) is 178 Å². The third kappa shape index (κ3) is 12.5. The Morgan fingerprint density at radius 1 is 0.945 bits per heavy atom. The minimum atomic E-state index is -3.94. The van der Waals surface area contributed by atoms with Crippen LogP contribution >= 0.6 is 0 Å². The molecule has 3 aromatic rings. The van der Waals surface area contributed by atoms with E-state index >= 15 is 0 Å². The monoisotopic (exact) mass is 782 g/mol. The molecular formula is C39H54N6O9S. The first-order valence-corrected chi connectivity index (χ1v) is 20.0. The average Bonchev–Trinajstić information content (AvgIpc) is 3.21. The molecule has 55 heavy (non-hydrogen) atoms. The minimum absolute atomic E-state index is 0.0338. The van der Waals surface area contributed by atoms with Gasteiger partial charge in [-0.3, -0.25) is 19.5 Å². The van der Waals surface area contributed by atoms with Crippen molar-refractivity contribution in [3.63, 3.8) is 0 Å². The molecule has 0 bridgehead atoms. The summed E-state index contributed by atoms with van der Waals surface area (Å²) in [6.07, 6.45) is 2.40. The number of pyridine rings is 1. The maximum atomic E-state index is 13.9. The van der Waals surface area contributed by atoms with Gasteiger partial charge in [-0.2, -0.15) is 4.31 Å². The highest BCUT2D eigenvalue weighted by molar-refractivity contribution is 7.89. The summed E-state index contributed by atoms with van der Waals surface area (Å²) in [5.41, 5.74) is 3.12. The number of likely N-dealkylation sites (N-methyl/N-ethyl adjacent to an activating group) is 1. The zero-order valence-electron chi connectivity index (χ0n) is 32.2. The molecule has 1 fully saturated rings. The first kappa shape index (κ1) is 43.3. The SMILES string of the molecule is CCOCCCNC(=O)c1cc(S(=O)(=O)N(CC)CCc2ccc(C(CNC(=O)c3ccc(C(=O)OC)cn3)N3CCOCC3)cc2)ccc1NCCOC. The fourth-order valence-corrected chi connectivity index (χ4v) is 7.56. The second-order valence-electron chi connectivity index (χ2n) is 12.7. The van der Waals surface area contributed by atoms with Crippen molar-refractivity contribution in [2.45, 2.75) is 37.6 Å². The van der Waals surface area contributed by atoms with Crippen LogP contribution in [0.25, 0.3) is 0 Å². The standard InChI is InChI=1S/C39H54N6O9S/c1-5-45(55(49,50)32-13-15-34(40-18-23-51-3)33(26-32)37(46)41-17-7-22-53-6-2)19-16-29-8-10-30(11-9-29)36(44-20-24-54-25-21-44)28-43-38(47)35-14-12-31(27-42-35)39(48)52-4/h8-15,26-27,36,40H,5-7,16-25,28H2,1-4H3,(H,41,46)(H,43,47). The van der Waals surface area contributed by atoms with E-state index in [0.717, 1.165) is 11.1 Å². The summed E-state index contributed by atoms with van der Waals surface area (Å²) in [5.74, 6) is -1.27. The molecule has 1 unspecified atom stereocenters. The van der Waals surface area contributed by atoms with Crippen molar-refractivity contribution < 1.29 is 41.7 Å². The van der Waals surface area contributed by atoms with Gasteiger partial charge in [-0.1, -0.05) is 31.2 Å². The summed E-state index contributed by atoms with van der Waals surface area (Å²) in [6, 6.07) is 15.4. The van der Waals surface area contributed by atoms with Crippen molar-refractivity contribution in [3.8, 4) is 0 Å². The fourth-order valence-electron chi connectivity index (χ4n) is 6.08. The number of carbonyl (C=O) groups excluding carboxylic acids is 3. The van der Waals surface area contributed by atoms with E-state index in [2.05, 4.69) is 25.8 Å². The Balaban J connectivity index is 1.44. The van der Waals surface area contributed by atoms with Gasteiger partial charge in [0.05, 0.1) is 49.0 Å². The number of aromatic nitrogens is 1. The quantitative estimate of drug-likeness (QED) is 0.100. The van der Waals surface area contributed by atoms with Crippen molar-refractivity contribution in [2.75, 3.05) is 98.4 Å². The largest absolute Gasteiger partial charge is 0.465 e. The van der Waals surface area contributed by atoms with Crippen molar-refractivity contribution in [1.82, 2.24) is 24.8 Å². The molecule has 300 valence electrons. The van der Waals surface area contributed by atoms with Crippen molar-refractivity contribution >= 4 is 33.5 Å². The molecule has 1 aromatic heterocycles. The number of rotatable bonds is 22. The van der Waals surface area contributed by atoms with E-state index in [9.17, 15) is 22.8 Å². The van der Waals surface area contributed by atoms with Crippen LogP contribution in [0.2, 0.25) is 0 Å². The molecule has 16 heteroatoms. The van der Waals surface area contributed by atoms with Gasteiger partial charge in [-0.15, -0.1) is 0 Å². The van der Waals surface area contributed by atoms with Crippen LogP contribution in [0.1, 0.15) is 68.6 Å². The van der Waals surface area contributed by atoms with Gasteiger partial charge in [0.2, 0.25) is 10.0 Å². The highest BCUT2D eigenvalue weighted by atomic mass is 32.2. The number of methoxy groups -OCH3 is 2. The van der Waals surface area contributed by atoms with Crippen LogP contribution in [-0.2, 0) is 35.4 Å². The molecule has 0 saturated carbocycles. The number of nitrogens with one attached hydrogen (secondary N) is 3. The van der Waals surface area contributed by atoms with Crippen molar-refractivity contribution in [2.24, 2.45) is 0 Å². The molecule has 1 aliphatic heterocycles. The summed E-state index contributed by atoms with van der Waals surface area (Å²) >= 11 is 0. The number of hydrogen-bond acceptors (Lipinski definition) is 12. The second kappa shape index (κ2) is 22.2. The summed E-state index contributed by atoms with van der Waals surface area (Å²) < 4.78 is 50.0. The van der Waals surface area contributed by atoms with Gasteiger partial charge in [-0.05, 0) is 61.2 Å². The number of morpholine rings is 1. The number of benzene rings is 2. The fraction of sp³-hybridized carbons (Fsp3) is 0.487. The lowest BCUT2D eigenvalue weighted by atomic mass is 10.0. The third-order valence-corrected chi connectivity index (χ3v) is 11.1. The van der Waals surface area contributed by atoms with E-state index in [-0.39, 0.29) is 52.7 Å². The second-order valence-corrected chi connectivity index (χ2v) is 14.7. The van der Waals surface area contributed by atoms with Gasteiger partial charge in [-0.25, -0.2) is 13.2 Å². The van der Waals surface area contributed by atoms with E-state index in [1.54, 1.807) is 20.1 Å². The number of esters is 1. The predicted molar refractivity (Wildman–Crippen MR) is 208 cm³/mol. The van der Waals surface area contributed by atoms with Crippen LogP contribution in [0.5, 0.6) is 0 Å². The molecule has 2 amide bonds.